The Morgan fingerprint density at radius 2 is 1.37 bits per heavy atom. The molecule has 1 amide bonds. The van der Waals surface area contributed by atoms with Gasteiger partial charge < -0.3 is 5.32 Å². The lowest BCUT2D eigenvalue weighted by Gasteiger charge is -2.13. The summed E-state index contributed by atoms with van der Waals surface area (Å²) >= 11 is 1.64. The van der Waals surface area contributed by atoms with Crippen LogP contribution in [0.5, 0.6) is 0 Å². The number of nitrogens with one attached hydrogen (secondary N) is 1. The lowest BCUT2D eigenvalue weighted by Crippen LogP contribution is -2.16. The third kappa shape index (κ3) is 4.66. The molecule has 0 saturated carbocycles. The molecule has 4 heteroatoms. The molecule has 3 aromatic carbocycles. The minimum Gasteiger partial charge on any atom is -0.321 e. The second-order valence-corrected chi connectivity index (χ2v) is 7.98. The SMILES string of the molecule is CC(C)Sc1ccccc1C(=O)Nc1ccccc1C(=O)c1ccccc1. The molecule has 0 aromatic heterocycles. The van der Waals surface area contributed by atoms with Crippen LogP contribution < -0.4 is 5.32 Å². The maximum absolute atomic E-state index is 12.9. The minimum absolute atomic E-state index is 0.114. The molecular formula is C23H21NO2S. The van der Waals surface area contributed by atoms with Gasteiger partial charge in [0.25, 0.3) is 5.91 Å². The summed E-state index contributed by atoms with van der Waals surface area (Å²) in [5.74, 6) is -0.330. The van der Waals surface area contributed by atoms with Crippen LogP contribution in [0.3, 0.4) is 0 Å². The highest BCUT2D eigenvalue weighted by Gasteiger charge is 2.17. The predicted octanol–water partition coefficient (Wildman–Crippen LogP) is 5.67. The number of hydrogen-bond acceptors (Lipinski definition) is 3. The van der Waals surface area contributed by atoms with Crippen molar-refractivity contribution in [1.82, 2.24) is 0 Å². The first-order chi connectivity index (χ1) is 13.1. The number of carbonyl (C=O) groups excluding carboxylic acids is 2. The molecule has 0 saturated heterocycles. The Morgan fingerprint density at radius 3 is 2.07 bits per heavy atom. The first-order valence-corrected chi connectivity index (χ1v) is 9.70. The molecule has 0 radical (unpaired) electrons. The molecule has 0 heterocycles. The fourth-order valence-electron chi connectivity index (χ4n) is 2.74. The van der Waals surface area contributed by atoms with Gasteiger partial charge in [-0.2, -0.15) is 0 Å². The van der Waals surface area contributed by atoms with E-state index < -0.39 is 0 Å². The van der Waals surface area contributed by atoms with Gasteiger partial charge >= 0.3 is 0 Å². The molecule has 1 N–H and O–H groups in total. The van der Waals surface area contributed by atoms with E-state index in [0.717, 1.165) is 4.90 Å². The van der Waals surface area contributed by atoms with Crippen molar-refractivity contribution in [3.63, 3.8) is 0 Å². The van der Waals surface area contributed by atoms with Crippen molar-refractivity contribution in [2.45, 2.75) is 24.0 Å². The minimum atomic E-state index is -0.216. The Hall–Kier alpha value is -2.85. The summed E-state index contributed by atoms with van der Waals surface area (Å²) in [6, 6.07) is 23.7. The quantitative estimate of drug-likeness (QED) is 0.446. The van der Waals surface area contributed by atoms with Crippen molar-refractivity contribution in [3.05, 3.63) is 95.6 Å². The average molecular weight is 375 g/mol. The van der Waals surface area contributed by atoms with Crippen LogP contribution in [0.25, 0.3) is 0 Å². The zero-order chi connectivity index (χ0) is 19.2. The van der Waals surface area contributed by atoms with Crippen LogP contribution in [-0.2, 0) is 0 Å². The average Bonchev–Trinajstić information content (AvgIpc) is 2.68. The Morgan fingerprint density at radius 1 is 0.778 bits per heavy atom. The number of anilines is 1. The van der Waals surface area contributed by atoms with E-state index in [1.165, 1.54) is 0 Å². The number of amides is 1. The van der Waals surface area contributed by atoms with E-state index in [1.54, 1.807) is 42.1 Å². The van der Waals surface area contributed by atoms with Crippen LogP contribution in [0.15, 0.2) is 83.8 Å². The molecule has 3 rings (SSSR count). The van der Waals surface area contributed by atoms with Crippen molar-refractivity contribution < 1.29 is 9.59 Å². The molecule has 0 atom stereocenters. The van der Waals surface area contributed by atoms with Crippen molar-refractivity contribution in [3.8, 4) is 0 Å². The topological polar surface area (TPSA) is 46.2 Å². The van der Waals surface area contributed by atoms with Gasteiger partial charge in [-0.1, -0.05) is 68.4 Å². The van der Waals surface area contributed by atoms with Gasteiger partial charge in [0.1, 0.15) is 0 Å². The predicted molar refractivity (Wildman–Crippen MR) is 112 cm³/mol. The zero-order valence-electron chi connectivity index (χ0n) is 15.3. The molecular weight excluding hydrogens is 354 g/mol. The van der Waals surface area contributed by atoms with Gasteiger partial charge in [0.05, 0.1) is 11.3 Å². The maximum atomic E-state index is 12.9. The van der Waals surface area contributed by atoms with Gasteiger partial charge in [0, 0.05) is 21.3 Å². The number of rotatable bonds is 6. The standard InChI is InChI=1S/C23H21NO2S/c1-16(2)27-21-15-9-7-13-19(21)23(26)24-20-14-8-6-12-18(20)22(25)17-10-4-3-5-11-17/h3-16H,1-2H3,(H,24,26). The number of benzene rings is 3. The van der Waals surface area contributed by atoms with Crippen LogP contribution in [0, 0.1) is 0 Å². The van der Waals surface area contributed by atoms with Crippen LogP contribution in [0.4, 0.5) is 5.69 Å². The zero-order valence-corrected chi connectivity index (χ0v) is 16.1. The Labute approximate surface area is 163 Å². The fraction of sp³-hybridized carbons (Fsp3) is 0.130. The largest absolute Gasteiger partial charge is 0.321 e. The highest BCUT2D eigenvalue weighted by atomic mass is 32.2. The van der Waals surface area contributed by atoms with Gasteiger partial charge in [-0.15, -0.1) is 11.8 Å². The first kappa shape index (κ1) is 18.9. The van der Waals surface area contributed by atoms with E-state index in [2.05, 4.69) is 19.2 Å². The van der Waals surface area contributed by atoms with E-state index in [1.807, 2.05) is 48.5 Å². The number of para-hydroxylation sites is 1. The summed E-state index contributed by atoms with van der Waals surface area (Å²) in [6.45, 7) is 4.18. The van der Waals surface area contributed by atoms with Gasteiger partial charge in [0.15, 0.2) is 5.78 Å². The third-order valence-corrected chi connectivity index (χ3v) is 5.03. The van der Waals surface area contributed by atoms with Crippen molar-refractivity contribution >= 4 is 29.1 Å². The number of thioether (sulfide) groups is 1. The molecule has 0 bridgehead atoms. The van der Waals surface area contributed by atoms with E-state index in [0.29, 0.717) is 27.6 Å². The van der Waals surface area contributed by atoms with Crippen LogP contribution >= 0.6 is 11.8 Å². The summed E-state index contributed by atoms with van der Waals surface area (Å²) in [5, 5.41) is 3.28. The second-order valence-electron chi connectivity index (χ2n) is 6.36. The Kier molecular flexibility index (Phi) is 6.09. The fourth-order valence-corrected chi connectivity index (χ4v) is 3.69. The molecule has 0 aliphatic rings. The van der Waals surface area contributed by atoms with Crippen LogP contribution in [-0.4, -0.2) is 16.9 Å². The molecule has 136 valence electrons. The number of hydrogen-bond donors (Lipinski definition) is 1. The Balaban J connectivity index is 1.89. The highest BCUT2D eigenvalue weighted by Crippen LogP contribution is 2.28. The van der Waals surface area contributed by atoms with Crippen LogP contribution in [0.1, 0.15) is 40.1 Å². The first-order valence-electron chi connectivity index (χ1n) is 8.82. The highest BCUT2D eigenvalue weighted by molar-refractivity contribution is 8.00. The molecule has 0 aliphatic carbocycles. The third-order valence-electron chi connectivity index (χ3n) is 3.95. The monoisotopic (exact) mass is 375 g/mol. The molecule has 0 unspecified atom stereocenters. The number of carbonyl (C=O) groups is 2. The van der Waals surface area contributed by atoms with Crippen molar-refractivity contribution in [1.29, 1.82) is 0 Å². The molecule has 0 aliphatic heterocycles. The molecule has 3 aromatic rings. The van der Waals surface area contributed by atoms with E-state index >= 15 is 0 Å². The maximum Gasteiger partial charge on any atom is 0.256 e. The van der Waals surface area contributed by atoms with Gasteiger partial charge in [-0.3, -0.25) is 9.59 Å². The summed E-state index contributed by atoms with van der Waals surface area (Å²) in [6.07, 6.45) is 0. The Bertz CT molecular complexity index is 951. The van der Waals surface area contributed by atoms with E-state index in [9.17, 15) is 9.59 Å². The van der Waals surface area contributed by atoms with Gasteiger partial charge in [-0.05, 0) is 24.3 Å². The summed E-state index contributed by atoms with van der Waals surface area (Å²) in [4.78, 5) is 26.7. The van der Waals surface area contributed by atoms with E-state index in [-0.39, 0.29) is 11.7 Å². The summed E-state index contributed by atoms with van der Waals surface area (Å²) < 4.78 is 0. The molecule has 3 nitrogen and oxygen atoms in total. The molecule has 0 spiro atoms. The van der Waals surface area contributed by atoms with Gasteiger partial charge in [-0.25, -0.2) is 0 Å². The smallest absolute Gasteiger partial charge is 0.256 e. The summed E-state index contributed by atoms with van der Waals surface area (Å²) in [5.41, 5.74) is 2.19. The van der Waals surface area contributed by atoms with Gasteiger partial charge in [0.2, 0.25) is 0 Å². The molecule has 27 heavy (non-hydrogen) atoms. The van der Waals surface area contributed by atoms with Crippen LogP contribution in [0.2, 0.25) is 0 Å². The van der Waals surface area contributed by atoms with E-state index in [4.69, 9.17) is 0 Å². The lowest BCUT2D eigenvalue weighted by molar-refractivity contribution is 0.102. The normalized spacial score (nSPS) is 10.6. The lowest BCUT2D eigenvalue weighted by atomic mass is 10.0. The number of ketones is 1. The van der Waals surface area contributed by atoms with Crippen molar-refractivity contribution in [2.24, 2.45) is 0 Å². The second kappa shape index (κ2) is 8.69. The van der Waals surface area contributed by atoms with Crippen molar-refractivity contribution in [2.75, 3.05) is 5.32 Å². The molecule has 0 fully saturated rings. The summed E-state index contributed by atoms with van der Waals surface area (Å²) in [7, 11) is 0.